The first-order valence-corrected chi connectivity index (χ1v) is 13.4. The average Bonchev–Trinajstić information content (AvgIpc) is 2.99. The molecule has 0 radical (unpaired) electrons. The van der Waals surface area contributed by atoms with Gasteiger partial charge in [0.25, 0.3) is 0 Å². The maximum absolute atomic E-state index is 13.3. The molecular weight excluding hydrogens is 496 g/mol. The van der Waals surface area contributed by atoms with Gasteiger partial charge in [-0.05, 0) is 71.3 Å². The van der Waals surface area contributed by atoms with Crippen LogP contribution in [-0.4, -0.2) is 11.9 Å². The first-order valence-electron chi connectivity index (χ1n) is 13.4. The van der Waals surface area contributed by atoms with Gasteiger partial charge in [0, 0.05) is 0 Å². The minimum atomic E-state index is -1.12. The van der Waals surface area contributed by atoms with Crippen molar-refractivity contribution >= 4 is 11.9 Å². The first kappa shape index (κ1) is 26.6. The zero-order chi connectivity index (χ0) is 27.6. The molecule has 4 nitrogen and oxygen atoms in total. The summed E-state index contributed by atoms with van der Waals surface area (Å²) in [4.78, 5) is 26.5. The highest BCUT2D eigenvalue weighted by Crippen LogP contribution is 2.21. The molecule has 0 spiro atoms. The van der Waals surface area contributed by atoms with Crippen molar-refractivity contribution in [2.45, 2.75) is 19.3 Å². The van der Waals surface area contributed by atoms with E-state index in [0.29, 0.717) is 11.5 Å². The Kier molecular flexibility index (Phi) is 8.80. The van der Waals surface area contributed by atoms with Gasteiger partial charge in [0.2, 0.25) is 0 Å². The van der Waals surface area contributed by atoms with E-state index in [2.05, 4.69) is 24.3 Å². The zero-order valence-corrected chi connectivity index (χ0v) is 22.1. The molecule has 40 heavy (non-hydrogen) atoms. The quantitative estimate of drug-likeness (QED) is 0.109. The Labute approximate surface area is 234 Å². The summed E-state index contributed by atoms with van der Waals surface area (Å²) < 4.78 is 11.3. The maximum atomic E-state index is 13.3. The monoisotopic (exact) mass is 526 g/mol. The van der Waals surface area contributed by atoms with E-state index >= 15 is 0 Å². The molecule has 0 unspecified atom stereocenters. The van der Waals surface area contributed by atoms with Gasteiger partial charge in [-0.2, -0.15) is 0 Å². The molecule has 5 aromatic rings. The third kappa shape index (κ3) is 7.55. The van der Waals surface area contributed by atoms with Crippen LogP contribution in [0.2, 0.25) is 0 Å². The van der Waals surface area contributed by atoms with Crippen LogP contribution in [0.25, 0.3) is 0 Å². The van der Waals surface area contributed by atoms with E-state index in [1.165, 1.54) is 11.1 Å². The van der Waals surface area contributed by atoms with Crippen LogP contribution in [-0.2, 0) is 28.9 Å². The predicted molar refractivity (Wildman–Crippen MR) is 156 cm³/mol. The van der Waals surface area contributed by atoms with E-state index in [4.69, 9.17) is 9.47 Å². The van der Waals surface area contributed by atoms with E-state index in [1.807, 2.05) is 91.0 Å². The second kappa shape index (κ2) is 13.2. The summed E-state index contributed by atoms with van der Waals surface area (Å²) in [7, 11) is 0. The fourth-order valence-electron chi connectivity index (χ4n) is 4.50. The van der Waals surface area contributed by atoms with Crippen LogP contribution in [0, 0.1) is 5.92 Å². The van der Waals surface area contributed by atoms with Gasteiger partial charge in [-0.15, -0.1) is 0 Å². The number of ether oxygens (including phenoxy) is 2. The van der Waals surface area contributed by atoms with E-state index in [0.717, 1.165) is 29.5 Å². The lowest BCUT2D eigenvalue weighted by atomic mass is 9.99. The molecule has 0 fully saturated rings. The van der Waals surface area contributed by atoms with Crippen molar-refractivity contribution in [3.8, 4) is 11.5 Å². The lowest BCUT2D eigenvalue weighted by Gasteiger charge is -2.16. The number of esters is 2. The van der Waals surface area contributed by atoms with Gasteiger partial charge in [0.05, 0.1) is 0 Å². The van der Waals surface area contributed by atoms with Crippen LogP contribution < -0.4 is 9.47 Å². The highest BCUT2D eigenvalue weighted by atomic mass is 16.6. The van der Waals surface area contributed by atoms with Crippen molar-refractivity contribution in [2.24, 2.45) is 5.92 Å². The van der Waals surface area contributed by atoms with Crippen molar-refractivity contribution in [3.63, 3.8) is 0 Å². The lowest BCUT2D eigenvalue weighted by molar-refractivity contribution is -0.151. The number of benzene rings is 5. The molecule has 0 saturated heterocycles. The molecule has 198 valence electrons. The van der Waals surface area contributed by atoms with Crippen molar-refractivity contribution in [3.05, 3.63) is 167 Å². The summed E-state index contributed by atoms with van der Waals surface area (Å²) >= 11 is 0. The molecular formula is C36H30O4. The summed E-state index contributed by atoms with van der Waals surface area (Å²) in [5.41, 5.74) is 5.44. The Bertz CT molecular complexity index is 1410. The largest absolute Gasteiger partial charge is 0.426 e. The van der Waals surface area contributed by atoms with Gasteiger partial charge in [-0.3, -0.25) is 9.59 Å². The summed E-state index contributed by atoms with van der Waals surface area (Å²) in [6.45, 7) is 0. The highest BCUT2D eigenvalue weighted by molar-refractivity contribution is 5.97. The number of carbonyl (C=O) groups excluding carboxylic acids is 2. The summed E-state index contributed by atoms with van der Waals surface area (Å²) in [6, 6.07) is 44.5. The summed E-state index contributed by atoms with van der Waals surface area (Å²) in [5, 5.41) is 0. The highest BCUT2D eigenvalue weighted by Gasteiger charge is 2.31. The summed E-state index contributed by atoms with van der Waals surface area (Å²) in [6.07, 6.45) is 1.74. The Morgan fingerprint density at radius 2 is 0.750 bits per heavy atom. The molecule has 5 rings (SSSR count). The fraction of sp³-hybridized carbons (Fsp3) is 0.111. The minimum Gasteiger partial charge on any atom is -0.426 e. The fourth-order valence-corrected chi connectivity index (χ4v) is 4.50. The van der Waals surface area contributed by atoms with Crippen LogP contribution in [0.4, 0.5) is 0 Å². The second-order valence-corrected chi connectivity index (χ2v) is 9.70. The Morgan fingerprint density at radius 1 is 0.425 bits per heavy atom. The number of hydrogen-bond donors (Lipinski definition) is 0. The lowest BCUT2D eigenvalue weighted by Crippen LogP contribution is -2.33. The van der Waals surface area contributed by atoms with Gasteiger partial charge < -0.3 is 9.47 Å². The molecule has 0 heterocycles. The zero-order valence-electron chi connectivity index (χ0n) is 22.1. The van der Waals surface area contributed by atoms with Crippen molar-refractivity contribution in [1.29, 1.82) is 0 Å². The molecule has 0 amide bonds. The molecule has 0 N–H and O–H groups in total. The van der Waals surface area contributed by atoms with Gasteiger partial charge in [-0.1, -0.05) is 115 Å². The topological polar surface area (TPSA) is 52.6 Å². The molecule has 0 aromatic heterocycles. The Morgan fingerprint density at radius 3 is 1.12 bits per heavy atom. The third-order valence-corrected chi connectivity index (χ3v) is 6.64. The van der Waals surface area contributed by atoms with E-state index < -0.39 is 17.9 Å². The van der Waals surface area contributed by atoms with E-state index in [9.17, 15) is 9.59 Å². The van der Waals surface area contributed by atoms with E-state index in [-0.39, 0.29) is 6.42 Å². The number of rotatable bonds is 10. The average molecular weight is 527 g/mol. The normalized spacial score (nSPS) is 10.7. The minimum absolute atomic E-state index is 0.177. The van der Waals surface area contributed by atoms with Crippen LogP contribution >= 0.6 is 0 Å². The molecule has 4 heteroatoms. The van der Waals surface area contributed by atoms with Crippen molar-refractivity contribution in [2.75, 3.05) is 0 Å². The molecule has 0 aliphatic rings. The smallest absolute Gasteiger partial charge is 0.326 e. The van der Waals surface area contributed by atoms with Crippen LogP contribution in [0.15, 0.2) is 140 Å². The Balaban J connectivity index is 1.26. The molecule has 0 atom stereocenters. The SMILES string of the molecule is O=C(Oc1ccc(Cc2ccccc2)cc1)C(Cc1ccccc1)C(=O)Oc1ccc(Cc2ccccc2)cc1. The standard InChI is InChI=1S/C36H30O4/c37-35(39-32-20-16-30(17-21-32)24-27-10-4-1-5-11-27)34(26-29-14-8-3-9-15-29)36(38)40-33-22-18-31(19-23-33)25-28-12-6-2-7-13-28/h1-23,34H,24-26H2. The van der Waals surface area contributed by atoms with Crippen LogP contribution in [0.1, 0.15) is 27.8 Å². The molecule has 0 saturated carbocycles. The second-order valence-electron chi connectivity index (χ2n) is 9.70. The third-order valence-electron chi connectivity index (χ3n) is 6.64. The molecule has 0 aliphatic carbocycles. The predicted octanol–water partition coefficient (Wildman–Crippen LogP) is 7.24. The van der Waals surface area contributed by atoms with Crippen molar-refractivity contribution < 1.29 is 19.1 Å². The summed E-state index contributed by atoms with van der Waals surface area (Å²) in [5.74, 6) is -1.64. The molecule has 5 aromatic carbocycles. The molecule has 0 bridgehead atoms. The number of carbonyl (C=O) groups is 2. The van der Waals surface area contributed by atoms with E-state index in [1.54, 1.807) is 24.3 Å². The Hall–Kier alpha value is -4.96. The van der Waals surface area contributed by atoms with Crippen molar-refractivity contribution in [1.82, 2.24) is 0 Å². The number of hydrogen-bond acceptors (Lipinski definition) is 4. The van der Waals surface area contributed by atoms with Crippen LogP contribution in [0.3, 0.4) is 0 Å². The molecule has 0 aliphatic heterocycles. The van der Waals surface area contributed by atoms with Crippen LogP contribution in [0.5, 0.6) is 11.5 Å². The maximum Gasteiger partial charge on any atom is 0.326 e. The van der Waals surface area contributed by atoms with Gasteiger partial charge in [0.1, 0.15) is 11.5 Å². The first-order chi connectivity index (χ1) is 19.6. The van der Waals surface area contributed by atoms with Gasteiger partial charge in [-0.25, -0.2) is 0 Å². The van der Waals surface area contributed by atoms with Gasteiger partial charge in [0.15, 0.2) is 5.92 Å². The van der Waals surface area contributed by atoms with Gasteiger partial charge >= 0.3 is 11.9 Å².